The van der Waals surface area contributed by atoms with E-state index in [0.717, 1.165) is 19.3 Å². The van der Waals surface area contributed by atoms with Crippen LogP contribution in [0.2, 0.25) is 0 Å². The molecule has 0 heterocycles. The minimum atomic E-state index is -4.64. The topological polar surface area (TPSA) is 149 Å². The van der Waals surface area contributed by atoms with Crippen LogP contribution in [0.15, 0.2) is 18.2 Å². The zero-order chi connectivity index (χ0) is 25.8. The second-order valence-corrected chi connectivity index (χ2v) is 11.8. The lowest BCUT2D eigenvalue weighted by atomic mass is 10.0. The van der Waals surface area contributed by atoms with Gasteiger partial charge in [-0.25, -0.2) is 10.7 Å². The summed E-state index contributed by atoms with van der Waals surface area (Å²) in [5.41, 5.74) is 0.158. The Morgan fingerprint density at radius 1 is 0.765 bits per heavy atom. The molecule has 1 aromatic carbocycles. The van der Waals surface area contributed by atoms with E-state index in [1.165, 1.54) is 95.2 Å². The molecule has 1 aromatic rings. The molecule has 0 saturated heterocycles. The average molecular weight is 616 g/mol. The number of carbonyl (C=O) groups excluding carboxylic acids is 1. The zero-order valence-corrected chi connectivity index (χ0v) is 23.3. The van der Waals surface area contributed by atoms with E-state index in [1.54, 1.807) is 0 Å². The number of aromatic hydroxyl groups is 1. The van der Waals surface area contributed by atoms with Gasteiger partial charge in [0.2, 0.25) is 0 Å². The van der Waals surface area contributed by atoms with Crippen LogP contribution < -0.4 is 0 Å². The minimum Gasteiger partial charge on any atom is -0.507 e. The standard InChI is InChI=1S/C24H39IO4.H3O4P/c1-2-3-4-5-6-7-8-9-10-11-12-13-14-15-16-19-22(26)21-18-17-20-23(27)24(21)25(28)29;1-5(2,3)4/h17-18,20,27H,2-16,19H2,1H3;(H3,1,2,3,4). The molecule has 0 aliphatic rings. The summed E-state index contributed by atoms with van der Waals surface area (Å²) < 4.78 is 31.5. The molecule has 0 atom stereocenters. The predicted molar refractivity (Wildman–Crippen MR) is 140 cm³/mol. The van der Waals surface area contributed by atoms with E-state index < -0.39 is 27.6 Å². The lowest BCUT2D eigenvalue weighted by Gasteiger charge is -2.05. The Kier molecular flexibility index (Phi) is 19.8. The number of hydrogen-bond acceptors (Lipinski definition) is 5. The van der Waals surface area contributed by atoms with Crippen molar-refractivity contribution in [2.45, 2.75) is 110 Å². The van der Waals surface area contributed by atoms with Crippen LogP contribution in [0.5, 0.6) is 5.75 Å². The molecule has 4 N–H and O–H groups in total. The largest absolute Gasteiger partial charge is 0.507 e. The molecule has 198 valence electrons. The molecule has 0 fully saturated rings. The maximum Gasteiger partial charge on any atom is 0.466 e. The zero-order valence-electron chi connectivity index (χ0n) is 20.3. The van der Waals surface area contributed by atoms with Gasteiger partial charge in [0.15, 0.2) is 5.78 Å². The second kappa shape index (κ2) is 20.3. The fourth-order valence-corrected chi connectivity index (χ4v) is 5.27. The second-order valence-electron chi connectivity index (χ2n) is 8.49. The van der Waals surface area contributed by atoms with E-state index in [-0.39, 0.29) is 20.7 Å². The Morgan fingerprint density at radius 2 is 1.15 bits per heavy atom. The highest BCUT2D eigenvalue weighted by Gasteiger charge is 2.18. The van der Waals surface area contributed by atoms with E-state index in [0.29, 0.717) is 6.42 Å². The maximum absolute atomic E-state index is 12.3. The molecule has 0 saturated carbocycles. The van der Waals surface area contributed by atoms with Crippen molar-refractivity contribution in [3.63, 3.8) is 0 Å². The van der Waals surface area contributed by atoms with Crippen molar-refractivity contribution in [2.24, 2.45) is 0 Å². The summed E-state index contributed by atoms with van der Waals surface area (Å²) in [5.74, 6) is -0.484. The highest BCUT2D eigenvalue weighted by atomic mass is 127. The Bertz CT molecular complexity index is 788. The van der Waals surface area contributed by atoms with Crippen molar-refractivity contribution < 1.29 is 35.3 Å². The number of unbranched alkanes of at least 4 members (excludes halogenated alkanes) is 14. The third-order valence-corrected chi connectivity index (χ3v) is 7.45. The third-order valence-electron chi connectivity index (χ3n) is 5.44. The molecule has 0 spiro atoms. The van der Waals surface area contributed by atoms with Gasteiger partial charge in [0, 0.05) is 12.0 Å². The first kappa shape index (κ1) is 33.1. The molecule has 1 rings (SSSR count). The summed E-state index contributed by atoms with van der Waals surface area (Å²) in [6, 6.07) is 4.35. The number of rotatable bonds is 18. The number of ketones is 1. The summed E-state index contributed by atoms with van der Waals surface area (Å²) in [6.07, 6.45) is 19.4. The first-order chi connectivity index (χ1) is 16.1. The highest BCUT2D eigenvalue weighted by molar-refractivity contribution is 14.2. The molecule has 0 bridgehead atoms. The monoisotopic (exact) mass is 616 g/mol. The van der Waals surface area contributed by atoms with Gasteiger partial charge >= 0.3 is 27.6 Å². The number of benzene rings is 1. The smallest absolute Gasteiger partial charge is 0.466 e. The molecule has 0 amide bonds. The van der Waals surface area contributed by atoms with Crippen LogP contribution in [-0.4, -0.2) is 25.6 Å². The van der Waals surface area contributed by atoms with Gasteiger partial charge in [-0.2, -0.15) is 0 Å². The number of phenolic OH excluding ortho intramolecular Hbond substituents is 1. The summed E-state index contributed by atoms with van der Waals surface area (Å²) >= 11 is -3.89. The van der Waals surface area contributed by atoms with Gasteiger partial charge in [0.25, 0.3) is 0 Å². The quantitative estimate of drug-likeness (QED) is 0.0582. The van der Waals surface area contributed by atoms with Gasteiger partial charge in [-0.15, -0.1) is 0 Å². The van der Waals surface area contributed by atoms with Crippen LogP contribution in [0.4, 0.5) is 0 Å². The summed E-state index contributed by atoms with van der Waals surface area (Å²) in [6.45, 7) is 2.26. The van der Waals surface area contributed by atoms with Crippen molar-refractivity contribution in [3.05, 3.63) is 27.3 Å². The molecule has 0 unspecified atom stereocenters. The van der Waals surface area contributed by atoms with Gasteiger partial charge < -0.3 is 19.8 Å². The minimum absolute atomic E-state index is 0.150. The van der Waals surface area contributed by atoms with E-state index in [9.17, 15) is 16.0 Å². The molecule has 0 aliphatic carbocycles. The van der Waals surface area contributed by atoms with Crippen molar-refractivity contribution in [3.8, 4) is 5.75 Å². The molecule has 34 heavy (non-hydrogen) atoms. The number of halogens is 1. The Hall–Kier alpha value is -0.870. The normalized spacial score (nSPS) is 11.3. The fraction of sp³-hybridized carbons (Fsp3) is 0.708. The van der Waals surface area contributed by atoms with Gasteiger partial charge in [-0.3, -0.25) is 4.79 Å². The van der Waals surface area contributed by atoms with Crippen LogP contribution in [-0.2, 0) is 10.7 Å². The van der Waals surface area contributed by atoms with Gasteiger partial charge in [-0.05, 0) is 18.6 Å². The molecule has 0 aromatic heterocycles. The van der Waals surface area contributed by atoms with Crippen LogP contribution in [0, 0.1) is 3.57 Å². The summed E-state index contributed by atoms with van der Waals surface area (Å²) in [5, 5.41) is 9.70. The Labute approximate surface area is 211 Å². The van der Waals surface area contributed by atoms with Crippen LogP contribution in [0.25, 0.3) is 0 Å². The molecule has 0 radical (unpaired) electrons. The molecular formula is C24H42IO8P. The molecule has 8 nitrogen and oxygen atoms in total. The number of hydrogen-bond donors (Lipinski definition) is 4. The highest BCUT2D eigenvalue weighted by Crippen LogP contribution is 2.31. The van der Waals surface area contributed by atoms with Crippen LogP contribution >= 0.6 is 27.6 Å². The summed E-state index contributed by atoms with van der Waals surface area (Å²) in [7, 11) is -4.64. The molecular weight excluding hydrogens is 574 g/mol. The van der Waals surface area contributed by atoms with E-state index in [1.807, 2.05) is 0 Å². The van der Waals surface area contributed by atoms with Gasteiger partial charge in [0.1, 0.15) is 9.32 Å². The number of Topliss-reactive ketones (excluding diaryl/α,β-unsaturated/α-hetero) is 1. The van der Waals surface area contributed by atoms with E-state index >= 15 is 0 Å². The van der Waals surface area contributed by atoms with Crippen molar-refractivity contribution in [1.29, 1.82) is 0 Å². The van der Waals surface area contributed by atoms with Crippen molar-refractivity contribution in [1.82, 2.24) is 0 Å². The SMILES string of the molecule is CCCCCCCCCCCCCCCCCC(=O)c1cccc(O)c1I(=O)=O.O=P(O)(O)O. The van der Waals surface area contributed by atoms with Gasteiger partial charge in [-0.1, -0.05) is 103 Å². The lowest BCUT2D eigenvalue weighted by molar-refractivity contribution is 0.0977. The van der Waals surface area contributed by atoms with E-state index in [2.05, 4.69) is 6.92 Å². The van der Waals surface area contributed by atoms with Crippen molar-refractivity contribution in [2.75, 3.05) is 0 Å². The predicted octanol–water partition coefficient (Wildman–Crippen LogP) is 7.27. The first-order valence-electron chi connectivity index (χ1n) is 12.3. The summed E-state index contributed by atoms with van der Waals surface area (Å²) in [4.78, 5) is 33.9. The van der Waals surface area contributed by atoms with E-state index in [4.69, 9.17) is 19.2 Å². The number of carbonyl (C=O) groups is 1. The fourth-order valence-electron chi connectivity index (χ4n) is 3.69. The third kappa shape index (κ3) is 19.4. The number of phosphoric acid groups is 1. The van der Waals surface area contributed by atoms with Crippen molar-refractivity contribution >= 4 is 33.4 Å². The van der Waals surface area contributed by atoms with Gasteiger partial charge in [0.05, 0.1) is 0 Å². The lowest BCUT2D eigenvalue weighted by Crippen LogP contribution is -2.02. The first-order valence-corrected chi connectivity index (χ1v) is 16.7. The maximum atomic E-state index is 12.3. The molecule has 10 heteroatoms. The Morgan fingerprint density at radius 3 is 1.53 bits per heavy atom. The van der Waals surface area contributed by atoms with Crippen LogP contribution in [0.1, 0.15) is 120 Å². The van der Waals surface area contributed by atoms with Crippen LogP contribution in [0.3, 0.4) is 0 Å². The number of phenols is 1. The average Bonchev–Trinajstić information content (AvgIpc) is 2.74. The molecule has 0 aliphatic heterocycles. The Balaban J connectivity index is 0.00000196.